The fourth-order valence-electron chi connectivity index (χ4n) is 3.08. The molecule has 2 saturated heterocycles. The molecule has 1 N–H and O–H groups in total. The minimum Gasteiger partial charge on any atom is -0.355 e. The number of carbonyl (C=O) groups is 1. The third-order valence-electron chi connectivity index (χ3n) is 4.38. The van der Waals surface area contributed by atoms with Gasteiger partial charge >= 0.3 is 0 Å². The van der Waals surface area contributed by atoms with Gasteiger partial charge in [-0.1, -0.05) is 12.8 Å². The van der Waals surface area contributed by atoms with Gasteiger partial charge in [0, 0.05) is 19.1 Å². The van der Waals surface area contributed by atoms with E-state index in [1.807, 2.05) is 6.07 Å². The molecule has 1 aromatic heterocycles. The van der Waals surface area contributed by atoms with Crippen LogP contribution in [0.1, 0.15) is 42.6 Å². The lowest BCUT2D eigenvalue weighted by Crippen LogP contribution is -2.36. The van der Waals surface area contributed by atoms with Crippen LogP contribution in [0, 0.1) is 0 Å². The van der Waals surface area contributed by atoms with E-state index < -0.39 is 9.84 Å². The van der Waals surface area contributed by atoms with Crippen molar-refractivity contribution in [3.8, 4) is 0 Å². The van der Waals surface area contributed by atoms with Gasteiger partial charge in [-0.15, -0.1) is 10.2 Å². The zero-order valence-corrected chi connectivity index (χ0v) is 13.9. The van der Waals surface area contributed by atoms with Crippen molar-refractivity contribution >= 4 is 21.6 Å². The molecular weight excluding hydrogens is 316 g/mol. The molecule has 1 amide bonds. The summed E-state index contributed by atoms with van der Waals surface area (Å²) in [6.07, 6.45) is 5.26. The normalized spacial score (nSPS) is 24.2. The Hall–Kier alpha value is -1.70. The number of rotatable bonds is 3. The Morgan fingerprint density at radius 2 is 1.87 bits per heavy atom. The maximum Gasteiger partial charge on any atom is 0.272 e. The Morgan fingerprint density at radius 3 is 2.43 bits per heavy atom. The molecule has 2 aliphatic heterocycles. The van der Waals surface area contributed by atoms with E-state index in [9.17, 15) is 13.2 Å². The van der Waals surface area contributed by atoms with E-state index >= 15 is 0 Å². The van der Waals surface area contributed by atoms with Gasteiger partial charge in [0.15, 0.2) is 21.3 Å². The molecule has 1 unspecified atom stereocenters. The van der Waals surface area contributed by atoms with E-state index in [4.69, 9.17) is 0 Å². The van der Waals surface area contributed by atoms with E-state index in [1.165, 1.54) is 12.8 Å². The van der Waals surface area contributed by atoms with Crippen molar-refractivity contribution < 1.29 is 13.2 Å². The molecule has 1 atom stereocenters. The fraction of sp³-hybridized carbons (Fsp3) is 0.667. The summed E-state index contributed by atoms with van der Waals surface area (Å²) in [5.41, 5.74) is 0.230. The summed E-state index contributed by atoms with van der Waals surface area (Å²) in [5.74, 6) is 0.587. The molecule has 0 aliphatic carbocycles. The third-order valence-corrected chi connectivity index (χ3v) is 6.15. The quantitative estimate of drug-likeness (QED) is 0.875. The highest BCUT2D eigenvalue weighted by Crippen LogP contribution is 2.17. The van der Waals surface area contributed by atoms with Gasteiger partial charge in [-0.2, -0.15) is 0 Å². The Labute approximate surface area is 136 Å². The van der Waals surface area contributed by atoms with Crippen molar-refractivity contribution in [2.45, 2.75) is 38.1 Å². The molecule has 2 fully saturated rings. The summed E-state index contributed by atoms with van der Waals surface area (Å²) in [7, 11) is -3.01. The first-order chi connectivity index (χ1) is 11.0. The molecule has 0 saturated carbocycles. The summed E-state index contributed by atoms with van der Waals surface area (Å²) in [4.78, 5) is 14.3. The van der Waals surface area contributed by atoms with E-state index in [-0.39, 0.29) is 29.1 Å². The molecule has 0 spiro atoms. The lowest BCUT2D eigenvalue weighted by Gasteiger charge is -2.20. The summed E-state index contributed by atoms with van der Waals surface area (Å²) in [5, 5.41) is 10.9. The molecule has 8 heteroatoms. The van der Waals surface area contributed by atoms with Crippen LogP contribution in [-0.4, -0.2) is 55.2 Å². The molecule has 23 heavy (non-hydrogen) atoms. The van der Waals surface area contributed by atoms with Crippen LogP contribution >= 0.6 is 0 Å². The topological polar surface area (TPSA) is 92.3 Å². The van der Waals surface area contributed by atoms with Crippen molar-refractivity contribution in [1.82, 2.24) is 15.5 Å². The van der Waals surface area contributed by atoms with Crippen molar-refractivity contribution in [2.75, 3.05) is 29.5 Å². The number of aromatic nitrogens is 2. The number of hydrogen-bond donors (Lipinski definition) is 1. The van der Waals surface area contributed by atoms with Crippen LogP contribution < -0.4 is 10.2 Å². The van der Waals surface area contributed by atoms with Crippen molar-refractivity contribution in [3.05, 3.63) is 17.8 Å². The molecular formula is C15H22N4O3S. The number of nitrogens with zero attached hydrogens (tertiary/aromatic N) is 3. The maximum atomic E-state index is 12.1. The highest BCUT2D eigenvalue weighted by atomic mass is 32.2. The number of anilines is 1. The average Bonchev–Trinajstić information content (AvgIpc) is 2.75. The first-order valence-electron chi connectivity index (χ1n) is 8.13. The third kappa shape index (κ3) is 4.19. The Kier molecular flexibility index (Phi) is 4.79. The number of nitrogens with one attached hydrogen (secondary N) is 1. The second kappa shape index (κ2) is 6.82. The SMILES string of the molecule is O=C(NC1CCS(=O)(=O)C1)c1ccc(N2CCCCCC2)nn1. The predicted molar refractivity (Wildman–Crippen MR) is 87.2 cm³/mol. The van der Waals surface area contributed by atoms with Gasteiger partial charge in [0.05, 0.1) is 11.5 Å². The summed E-state index contributed by atoms with van der Waals surface area (Å²) in [6, 6.07) is 3.16. The Balaban J connectivity index is 1.61. The van der Waals surface area contributed by atoms with Crippen molar-refractivity contribution in [1.29, 1.82) is 0 Å². The van der Waals surface area contributed by atoms with Crippen LogP contribution in [0.25, 0.3) is 0 Å². The zero-order chi connectivity index (χ0) is 16.3. The summed E-state index contributed by atoms with van der Waals surface area (Å²) in [6.45, 7) is 1.94. The van der Waals surface area contributed by atoms with Crippen LogP contribution in [0.3, 0.4) is 0 Å². The highest BCUT2D eigenvalue weighted by Gasteiger charge is 2.29. The highest BCUT2D eigenvalue weighted by molar-refractivity contribution is 7.91. The van der Waals surface area contributed by atoms with E-state index in [0.29, 0.717) is 6.42 Å². The first kappa shape index (κ1) is 16.2. The molecule has 126 valence electrons. The molecule has 3 heterocycles. The number of carbonyl (C=O) groups excluding carboxylic acids is 1. The summed E-state index contributed by atoms with van der Waals surface area (Å²) < 4.78 is 22.8. The Bertz CT molecular complexity index is 652. The van der Waals surface area contributed by atoms with Gasteiger partial charge < -0.3 is 10.2 Å². The standard InChI is InChI=1S/C15H22N4O3S/c20-15(16-12-7-10-23(21,22)11-12)13-5-6-14(18-17-13)19-8-3-1-2-4-9-19/h5-6,12H,1-4,7-11H2,(H,16,20). The van der Waals surface area contributed by atoms with Gasteiger partial charge in [-0.25, -0.2) is 8.42 Å². The van der Waals surface area contributed by atoms with Crippen LogP contribution in [-0.2, 0) is 9.84 Å². The lowest BCUT2D eigenvalue weighted by atomic mass is 10.2. The van der Waals surface area contributed by atoms with Gasteiger partial charge in [-0.05, 0) is 31.4 Å². The predicted octanol–water partition coefficient (Wildman–Crippen LogP) is 0.774. The van der Waals surface area contributed by atoms with Crippen LogP contribution in [0.5, 0.6) is 0 Å². The van der Waals surface area contributed by atoms with Gasteiger partial charge in [0.25, 0.3) is 5.91 Å². The molecule has 1 aromatic rings. The largest absolute Gasteiger partial charge is 0.355 e. The number of sulfone groups is 1. The monoisotopic (exact) mass is 338 g/mol. The second-order valence-electron chi connectivity index (χ2n) is 6.25. The number of hydrogen-bond acceptors (Lipinski definition) is 6. The molecule has 3 rings (SSSR count). The first-order valence-corrected chi connectivity index (χ1v) is 9.96. The zero-order valence-electron chi connectivity index (χ0n) is 13.1. The van der Waals surface area contributed by atoms with E-state index in [2.05, 4.69) is 20.4 Å². The lowest BCUT2D eigenvalue weighted by molar-refractivity contribution is 0.0935. The van der Waals surface area contributed by atoms with Gasteiger partial charge in [0.2, 0.25) is 0 Å². The van der Waals surface area contributed by atoms with Crippen LogP contribution in [0.15, 0.2) is 12.1 Å². The minimum atomic E-state index is -3.01. The molecule has 2 aliphatic rings. The van der Waals surface area contributed by atoms with E-state index in [1.54, 1.807) is 6.07 Å². The average molecular weight is 338 g/mol. The molecule has 0 aromatic carbocycles. The molecule has 0 bridgehead atoms. The Morgan fingerprint density at radius 1 is 1.13 bits per heavy atom. The summed E-state index contributed by atoms with van der Waals surface area (Å²) >= 11 is 0. The molecule has 7 nitrogen and oxygen atoms in total. The van der Waals surface area contributed by atoms with Crippen molar-refractivity contribution in [3.63, 3.8) is 0 Å². The minimum absolute atomic E-state index is 0.0119. The fourth-order valence-corrected chi connectivity index (χ4v) is 4.76. The van der Waals surface area contributed by atoms with Gasteiger partial charge in [-0.3, -0.25) is 4.79 Å². The second-order valence-corrected chi connectivity index (χ2v) is 8.48. The van der Waals surface area contributed by atoms with E-state index in [0.717, 1.165) is 31.7 Å². The van der Waals surface area contributed by atoms with Crippen molar-refractivity contribution in [2.24, 2.45) is 0 Å². The smallest absolute Gasteiger partial charge is 0.272 e. The number of amides is 1. The maximum absolute atomic E-state index is 12.1. The molecule has 0 radical (unpaired) electrons. The van der Waals surface area contributed by atoms with Gasteiger partial charge in [0.1, 0.15) is 0 Å². The van der Waals surface area contributed by atoms with Crippen LogP contribution in [0.2, 0.25) is 0 Å². The van der Waals surface area contributed by atoms with Crippen LogP contribution in [0.4, 0.5) is 5.82 Å².